The van der Waals surface area contributed by atoms with E-state index in [0.717, 1.165) is 11.8 Å². The Labute approximate surface area is 212 Å². The van der Waals surface area contributed by atoms with Crippen LogP contribution in [0.15, 0.2) is 48.7 Å². The molecule has 0 radical (unpaired) electrons. The van der Waals surface area contributed by atoms with Crippen molar-refractivity contribution in [1.29, 1.82) is 0 Å². The summed E-state index contributed by atoms with van der Waals surface area (Å²) in [7, 11) is 2.63. The van der Waals surface area contributed by atoms with Gasteiger partial charge >= 0.3 is 12.1 Å². The third-order valence-corrected chi connectivity index (χ3v) is 6.30. The normalized spacial score (nSPS) is 18.7. The maximum absolute atomic E-state index is 15.0. The molecule has 3 atom stereocenters. The van der Waals surface area contributed by atoms with E-state index in [1.165, 1.54) is 14.2 Å². The van der Waals surface area contributed by atoms with Crippen molar-refractivity contribution in [2.45, 2.75) is 31.2 Å². The van der Waals surface area contributed by atoms with Gasteiger partial charge in [-0.3, -0.25) is 14.7 Å². The van der Waals surface area contributed by atoms with Gasteiger partial charge in [0.25, 0.3) is 0 Å². The van der Waals surface area contributed by atoms with Crippen molar-refractivity contribution in [2.75, 3.05) is 33.9 Å². The lowest BCUT2D eigenvalue weighted by Crippen LogP contribution is -2.53. The van der Waals surface area contributed by atoms with Gasteiger partial charge in [0.1, 0.15) is 18.6 Å². The van der Waals surface area contributed by atoms with Crippen LogP contribution in [-0.4, -0.2) is 73.0 Å². The molecule has 1 aliphatic heterocycles. The van der Waals surface area contributed by atoms with Crippen LogP contribution in [0, 0.1) is 5.82 Å². The molecule has 37 heavy (non-hydrogen) atoms. The first-order valence-corrected chi connectivity index (χ1v) is 11.8. The van der Waals surface area contributed by atoms with Gasteiger partial charge in [-0.15, -0.1) is 0 Å². The van der Waals surface area contributed by atoms with Gasteiger partial charge < -0.3 is 19.5 Å². The van der Waals surface area contributed by atoms with Crippen LogP contribution < -0.4 is 10.1 Å². The highest BCUT2D eigenvalue weighted by Crippen LogP contribution is 2.30. The second-order valence-corrected chi connectivity index (χ2v) is 8.69. The summed E-state index contributed by atoms with van der Waals surface area (Å²) >= 11 is 0. The van der Waals surface area contributed by atoms with Crippen LogP contribution in [0.4, 0.5) is 13.6 Å². The Bertz CT molecular complexity index is 1250. The molecule has 1 aliphatic rings. The Morgan fingerprint density at radius 3 is 2.68 bits per heavy atom. The first-order valence-electron chi connectivity index (χ1n) is 11.8. The Morgan fingerprint density at radius 1 is 1.19 bits per heavy atom. The van der Waals surface area contributed by atoms with Crippen LogP contribution in [0.1, 0.15) is 23.5 Å². The minimum atomic E-state index is -1.42. The number of rotatable bonds is 8. The van der Waals surface area contributed by atoms with E-state index in [4.69, 9.17) is 14.2 Å². The Kier molecular flexibility index (Phi) is 8.44. The maximum Gasteiger partial charge on any atom is 0.407 e. The number of alkyl carbamates (subject to hydrolysis) is 1. The van der Waals surface area contributed by atoms with Gasteiger partial charge in [-0.1, -0.05) is 30.3 Å². The lowest BCUT2D eigenvalue weighted by Gasteiger charge is -2.36. The SMILES string of the molecule is COC(=O)C(CN1CC[C@@H](NC(=O)OCc2ccccc2)[C@@H](F)C1)c1c(F)cnc2ccc(OC)nc12. The molecule has 1 amide bonds. The van der Waals surface area contributed by atoms with Gasteiger partial charge in [-0.25, -0.2) is 18.6 Å². The number of amides is 1. The largest absolute Gasteiger partial charge is 0.481 e. The molecule has 1 fully saturated rings. The molecular formula is C26H28F2N4O5. The number of piperidine rings is 1. The van der Waals surface area contributed by atoms with E-state index < -0.39 is 36.0 Å². The number of fused-ring (bicyclic) bond motifs is 1. The third-order valence-electron chi connectivity index (χ3n) is 6.30. The van der Waals surface area contributed by atoms with Gasteiger partial charge in [0.2, 0.25) is 5.88 Å². The number of carbonyl (C=O) groups excluding carboxylic acids is 2. The molecule has 1 unspecified atom stereocenters. The monoisotopic (exact) mass is 514 g/mol. The molecule has 0 spiro atoms. The topological polar surface area (TPSA) is 103 Å². The van der Waals surface area contributed by atoms with Gasteiger partial charge in [-0.2, -0.15) is 0 Å². The number of halogens is 2. The van der Waals surface area contributed by atoms with E-state index in [9.17, 15) is 9.59 Å². The smallest absolute Gasteiger partial charge is 0.407 e. The molecule has 9 nitrogen and oxygen atoms in total. The maximum atomic E-state index is 15.0. The first kappa shape index (κ1) is 26.2. The zero-order valence-corrected chi connectivity index (χ0v) is 20.5. The summed E-state index contributed by atoms with van der Waals surface area (Å²) in [5.41, 5.74) is 1.38. The molecule has 2 aromatic heterocycles. The number of carbonyl (C=O) groups is 2. The van der Waals surface area contributed by atoms with Crippen LogP contribution >= 0.6 is 0 Å². The minimum absolute atomic E-state index is 0.00676. The fraction of sp³-hybridized carbons (Fsp3) is 0.385. The van der Waals surface area contributed by atoms with Crippen molar-refractivity contribution < 1.29 is 32.6 Å². The zero-order valence-electron chi connectivity index (χ0n) is 20.5. The van der Waals surface area contributed by atoms with Crippen LogP contribution in [0.25, 0.3) is 11.0 Å². The summed E-state index contributed by atoms with van der Waals surface area (Å²) in [6.07, 6.45) is -0.825. The molecule has 3 heterocycles. The fourth-order valence-electron chi connectivity index (χ4n) is 4.39. The average Bonchev–Trinajstić information content (AvgIpc) is 2.92. The molecule has 0 aliphatic carbocycles. The lowest BCUT2D eigenvalue weighted by molar-refractivity contribution is -0.143. The quantitative estimate of drug-likeness (QED) is 0.457. The van der Waals surface area contributed by atoms with Crippen molar-refractivity contribution in [3.05, 3.63) is 65.6 Å². The van der Waals surface area contributed by atoms with E-state index in [0.29, 0.717) is 12.1 Å². The zero-order chi connectivity index (χ0) is 26.4. The number of pyridine rings is 2. The number of hydrogen-bond donors (Lipinski definition) is 1. The Morgan fingerprint density at radius 2 is 1.97 bits per heavy atom. The number of ether oxygens (including phenoxy) is 3. The lowest BCUT2D eigenvalue weighted by atomic mass is 9.95. The Balaban J connectivity index is 1.44. The van der Waals surface area contributed by atoms with E-state index in [-0.39, 0.29) is 43.1 Å². The average molecular weight is 515 g/mol. The second-order valence-electron chi connectivity index (χ2n) is 8.69. The van der Waals surface area contributed by atoms with Crippen molar-refractivity contribution in [2.24, 2.45) is 0 Å². The number of esters is 1. The highest BCUT2D eigenvalue weighted by atomic mass is 19.1. The molecule has 0 bridgehead atoms. The van der Waals surface area contributed by atoms with E-state index >= 15 is 8.78 Å². The van der Waals surface area contributed by atoms with Gasteiger partial charge in [0.15, 0.2) is 0 Å². The number of likely N-dealkylation sites (tertiary alicyclic amines) is 1. The molecule has 1 aromatic carbocycles. The van der Waals surface area contributed by atoms with Crippen LogP contribution in [0.3, 0.4) is 0 Å². The summed E-state index contributed by atoms with van der Waals surface area (Å²) in [5, 5.41) is 2.58. The van der Waals surface area contributed by atoms with Crippen molar-refractivity contribution in [3.63, 3.8) is 0 Å². The van der Waals surface area contributed by atoms with Crippen LogP contribution in [0.2, 0.25) is 0 Å². The van der Waals surface area contributed by atoms with Crippen molar-refractivity contribution in [1.82, 2.24) is 20.2 Å². The minimum Gasteiger partial charge on any atom is -0.481 e. The molecule has 4 rings (SSSR count). The number of nitrogens with zero attached hydrogens (tertiary/aromatic N) is 3. The highest BCUT2D eigenvalue weighted by molar-refractivity contribution is 5.87. The van der Waals surface area contributed by atoms with E-state index in [1.54, 1.807) is 17.0 Å². The molecule has 1 saturated heterocycles. The summed E-state index contributed by atoms with van der Waals surface area (Å²) < 4.78 is 45.4. The summed E-state index contributed by atoms with van der Waals surface area (Å²) in [5.74, 6) is -2.25. The van der Waals surface area contributed by atoms with Gasteiger partial charge in [0, 0.05) is 31.3 Å². The standard InChI is InChI=1S/C26H28F2N4O5/c1-35-22-9-8-21-24(31-22)23(18(27)12-29-21)17(25(33)36-2)13-32-11-10-20(19(28)14-32)30-26(34)37-15-16-6-4-3-5-7-16/h3-9,12,17,19-20H,10-11,13-15H2,1-2H3,(H,30,34)/t17?,19-,20+/m0/s1. The van der Waals surface area contributed by atoms with Crippen molar-refractivity contribution in [3.8, 4) is 5.88 Å². The predicted octanol–water partition coefficient (Wildman–Crippen LogP) is 3.37. The number of alkyl halides is 1. The third kappa shape index (κ3) is 6.29. The number of hydrogen-bond acceptors (Lipinski definition) is 8. The molecule has 1 N–H and O–H groups in total. The first-order chi connectivity index (χ1) is 17.9. The second kappa shape index (κ2) is 11.9. The van der Waals surface area contributed by atoms with E-state index in [2.05, 4.69) is 15.3 Å². The Hall–Kier alpha value is -3.86. The summed E-state index contributed by atoms with van der Waals surface area (Å²) in [4.78, 5) is 35.0. The van der Waals surface area contributed by atoms with Gasteiger partial charge in [0.05, 0.1) is 43.4 Å². The van der Waals surface area contributed by atoms with Crippen molar-refractivity contribution >= 4 is 23.1 Å². The molecule has 3 aromatic rings. The van der Waals surface area contributed by atoms with E-state index in [1.807, 2.05) is 30.3 Å². The number of methoxy groups -OCH3 is 2. The van der Waals surface area contributed by atoms with Gasteiger partial charge in [-0.05, 0) is 18.1 Å². The molecule has 11 heteroatoms. The molecule has 196 valence electrons. The number of nitrogens with one attached hydrogen (secondary N) is 1. The van der Waals surface area contributed by atoms with Crippen LogP contribution in [0.5, 0.6) is 5.88 Å². The number of benzene rings is 1. The molecular weight excluding hydrogens is 486 g/mol. The molecule has 0 saturated carbocycles. The highest BCUT2D eigenvalue weighted by Gasteiger charge is 2.35. The summed E-state index contributed by atoms with van der Waals surface area (Å²) in [6.45, 7) is 0.359. The summed E-state index contributed by atoms with van der Waals surface area (Å²) in [6, 6.07) is 11.6. The fourth-order valence-corrected chi connectivity index (χ4v) is 4.39. The predicted molar refractivity (Wildman–Crippen MR) is 130 cm³/mol. The van der Waals surface area contributed by atoms with Crippen LogP contribution in [-0.2, 0) is 20.9 Å². The number of aromatic nitrogens is 2.